The Morgan fingerprint density at radius 2 is 2.29 bits per heavy atom. The third kappa shape index (κ3) is 1.91. The minimum Gasteiger partial charge on any atom is -0.506 e. The van der Waals surface area contributed by atoms with Crippen LogP contribution in [0, 0.1) is 5.82 Å². The number of aromatic hydroxyl groups is 1. The van der Waals surface area contributed by atoms with Gasteiger partial charge in [-0.15, -0.1) is 0 Å². The molecule has 1 aromatic carbocycles. The van der Waals surface area contributed by atoms with Crippen LogP contribution in [0.4, 0.5) is 4.39 Å². The molecule has 0 amide bonds. The van der Waals surface area contributed by atoms with Crippen LogP contribution in [0.1, 0.15) is 5.56 Å². The fourth-order valence-electron chi connectivity index (χ4n) is 1.16. The zero-order valence-electron chi connectivity index (χ0n) is 7.68. The van der Waals surface area contributed by atoms with Gasteiger partial charge in [-0.1, -0.05) is 11.6 Å². The second kappa shape index (κ2) is 4.48. The van der Waals surface area contributed by atoms with E-state index in [0.29, 0.717) is 0 Å². The molecule has 1 aromatic rings. The van der Waals surface area contributed by atoms with E-state index in [2.05, 4.69) is 0 Å². The molecule has 0 fully saturated rings. The SMILES string of the molecule is COc1cc(Cl)c(O)c(CCN)c1F. The highest BCUT2D eigenvalue weighted by Crippen LogP contribution is 2.35. The highest BCUT2D eigenvalue weighted by molar-refractivity contribution is 6.32. The van der Waals surface area contributed by atoms with Crippen LogP contribution in [-0.4, -0.2) is 18.8 Å². The number of ether oxygens (including phenoxy) is 1. The van der Waals surface area contributed by atoms with Gasteiger partial charge in [0.1, 0.15) is 5.75 Å². The highest BCUT2D eigenvalue weighted by atomic mass is 35.5. The maximum Gasteiger partial charge on any atom is 0.172 e. The molecule has 14 heavy (non-hydrogen) atoms. The molecule has 0 unspecified atom stereocenters. The summed E-state index contributed by atoms with van der Waals surface area (Å²) in [4.78, 5) is 0. The largest absolute Gasteiger partial charge is 0.506 e. The molecule has 0 aliphatic heterocycles. The topological polar surface area (TPSA) is 55.5 Å². The third-order valence-corrected chi connectivity index (χ3v) is 2.15. The number of hydrogen-bond acceptors (Lipinski definition) is 3. The maximum absolute atomic E-state index is 13.5. The molecule has 0 aromatic heterocycles. The van der Waals surface area contributed by atoms with Crippen molar-refractivity contribution >= 4 is 11.6 Å². The van der Waals surface area contributed by atoms with Crippen molar-refractivity contribution in [1.29, 1.82) is 0 Å². The normalized spacial score (nSPS) is 10.3. The first-order valence-corrected chi connectivity index (χ1v) is 4.43. The van der Waals surface area contributed by atoms with Crippen LogP contribution in [0.3, 0.4) is 0 Å². The zero-order valence-corrected chi connectivity index (χ0v) is 8.44. The summed E-state index contributed by atoms with van der Waals surface area (Å²) in [6.45, 7) is 0.230. The van der Waals surface area contributed by atoms with E-state index >= 15 is 0 Å². The van der Waals surface area contributed by atoms with Gasteiger partial charge in [0, 0.05) is 11.6 Å². The fourth-order valence-corrected chi connectivity index (χ4v) is 1.38. The smallest absolute Gasteiger partial charge is 0.172 e. The molecule has 0 radical (unpaired) electrons. The molecule has 0 bridgehead atoms. The second-order valence-corrected chi connectivity index (χ2v) is 3.15. The van der Waals surface area contributed by atoms with Gasteiger partial charge in [-0.25, -0.2) is 4.39 Å². The lowest BCUT2D eigenvalue weighted by molar-refractivity contribution is 0.378. The first-order chi connectivity index (χ1) is 6.61. The van der Waals surface area contributed by atoms with Crippen LogP contribution >= 0.6 is 11.6 Å². The van der Waals surface area contributed by atoms with Gasteiger partial charge in [0.2, 0.25) is 0 Å². The van der Waals surface area contributed by atoms with Gasteiger partial charge in [0.05, 0.1) is 12.1 Å². The Bertz CT molecular complexity index is 344. The number of benzene rings is 1. The fraction of sp³-hybridized carbons (Fsp3) is 0.333. The summed E-state index contributed by atoms with van der Waals surface area (Å²) in [6.07, 6.45) is 0.217. The molecule has 0 heterocycles. The summed E-state index contributed by atoms with van der Waals surface area (Å²) < 4.78 is 18.3. The lowest BCUT2D eigenvalue weighted by Gasteiger charge is -2.10. The van der Waals surface area contributed by atoms with E-state index in [1.165, 1.54) is 13.2 Å². The number of phenols is 1. The van der Waals surface area contributed by atoms with E-state index in [1.54, 1.807) is 0 Å². The third-order valence-electron chi connectivity index (χ3n) is 1.87. The Hall–Kier alpha value is -1.00. The van der Waals surface area contributed by atoms with Crippen molar-refractivity contribution in [3.05, 3.63) is 22.5 Å². The number of methoxy groups -OCH3 is 1. The lowest BCUT2D eigenvalue weighted by Crippen LogP contribution is -2.06. The van der Waals surface area contributed by atoms with Crippen molar-refractivity contribution < 1.29 is 14.2 Å². The quantitative estimate of drug-likeness (QED) is 0.814. The molecule has 0 saturated carbocycles. The van der Waals surface area contributed by atoms with Crippen molar-refractivity contribution in [2.45, 2.75) is 6.42 Å². The van der Waals surface area contributed by atoms with Gasteiger partial charge in [0.15, 0.2) is 11.6 Å². The minimum absolute atomic E-state index is 0.0104. The molecule has 78 valence electrons. The molecular formula is C9H11ClFNO2. The standard InChI is InChI=1S/C9H11ClFNO2/c1-14-7-4-6(10)9(13)5(2-3-12)8(7)11/h4,13H,2-3,12H2,1H3. The molecule has 0 spiro atoms. The summed E-state index contributed by atoms with van der Waals surface area (Å²) in [7, 11) is 1.33. The Kier molecular flexibility index (Phi) is 3.55. The van der Waals surface area contributed by atoms with Crippen LogP contribution in [0.5, 0.6) is 11.5 Å². The van der Waals surface area contributed by atoms with Crippen LogP contribution < -0.4 is 10.5 Å². The average molecular weight is 220 g/mol. The molecule has 0 atom stereocenters. The molecule has 1 rings (SSSR count). The van der Waals surface area contributed by atoms with Crippen LogP contribution in [0.25, 0.3) is 0 Å². The van der Waals surface area contributed by atoms with Gasteiger partial charge in [0.25, 0.3) is 0 Å². The number of rotatable bonds is 3. The minimum atomic E-state index is -0.611. The summed E-state index contributed by atoms with van der Waals surface area (Å²) in [5.74, 6) is -0.869. The van der Waals surface area contributed by atoms with Gasteiger partial charge >= 0.3 is 0 Å². The van der Waals surface area contributed by atoms with Crippen molar-refractivity contribution in [3.63, 3.8) is 0 Å². The van der Waals surface area contributed by atoms with E-state index in [4.69, 9.17) is 22.1 Å². The summed E-state index contributed by atoms with van der Waals surface area (Å²) in [5, 5.41) is 9.51. The highest BCUT2D eigenvalue weighted by Gasteiger charge is 2.16. The first-order valence-electron chi connectivity index (χ1n) is 4.05. The number of phenolic OH excluding ortho intramolecular Hbond substituents is 1. The van der Waals surface area contributed by atoms with Gasteiger partial charge in [-0.3, -0.25) is 0 Å². The summed E-state index contributed by atoms with van der Waals surface area (Å²) in [6, 6.07) is 1.23. The lowest BCUT2D eigenvalue weighted by atomic mass is 10.1. The van der Waals surface area contributed by atoms with E-state index in [0.717, 1.165) is 0 Å². The van der Waals surface area contributed by atoms with Gasteiger partial charge < -0.3 is 15.6 Å². The van der Waals surface area contributed by atoms with Crippen molar-refractivity contribution in [2.75, 3.05) is 13.7 Å². The van der Waals surface area contributed by atoms with E-state index in [-0.39, 0.29) is 35.1 Å². The second-order valence-electron chi connectivity index (χ2n) is 2.74. The van der Waals surface area contributed by atoms with E-state index in [1.807, 2.05) is 0 Å². The zero-order chi connectivity index (χ0) is 10.7. The van der Waals surface area contributed by atoms with Crippen molar-refractivity contribution in [3.8, 4) is 11.5 Å². The number of nitrogens with two attached hydrogens (primary N) is 1. The molecular weight excluding hydrogens is 209 g/mol. The van der Waals surface area contributed by atoms with Crippen molar-refractivity contribution in [1.82, 2.24) is 0 Å². The molecule has 0 aliphatic rings. The molecule has 0 aliphatic carbocycles. The molecule has 3 nitrogen and oxygen atoms in total. The monoisotopic (exact) mass is 219 g/mol. The Balaban J connectivity index is 3.29. The molecule has 0 saturated heterocycles. The Morgan fingerprint density at radius 3 is 2.79 bits per heavy atom. The predicted octanol–water partition coefficient (Wildman–Crippen LogP) is 1.69. The number of halogens is 2. The average Bonchev–Trinajstić information content (AvgIpc) is 2.18. The molecule has 3 N–H and O–H groups in total. The Labute approximate surface area is 86.2 Å². The van der Waals surface area contributed by atoms with Crippen molar-refractivity contribution in [2.24, 2.45) is 5.73 Å². The first kappa shape index (κ1) is 11.1. The predicted molar refractivity (Wildman–Crippen MR) is 52.4 cm³/mol. The molecule has 5 heteroatoms. The van der Waals surface area contributed by atoms with Crippen LogP contribution in [0.15, 0.2) is 6.07 Å². The summed E-state index contributed by atoms with van der Waals surface area (Å²) in [5.41, 5.74) is 5.37. The Morgan fingerprint density at radius 1 is 1.64 bits per heavy atom. The van der Waals surface area contributed by atoms with Crippen LogP contribution in [-0.2, 0) is 6.42 Å². The van der Waals surface area contributed by atoms with Gasteiger partial charge in [-0.2, -0.15) is 0 Å². The van der Waals surface area contributed by atoms with E-state index < -0.39 is 5.82 Å². The van der Waals surface area contributed by atoms with Crippen LogP contribution in [0.2, 0.25) is 5.02 Å². The number of hydrogen-bond donors (Lipinski definition) is 2. The summed E-state index contributed by atoms with van der Waals surface area (Å²) >= 11 is 5.67. The van der Waals surface area contributed by atoms with E-state index in [9.17, 15) is 9.50 Å². The maximum atomic E-state index is 13.5. The van der Waals surface area contributed by atoms with Gasteiger partial charge in [-0.05, 0) is 13.0 Å².